The molecule has 1 heterocycles. The minimum Gasteiger partial charge on any atom is -0.494 e. The van der Waals surface area contributed by atoms with Crippen LogP contribution in [0.4, 0.5) is 11.4 Å². The van der Waals surface area contributed by atoms with Crippen LogP contribution < -0.4 is 20.3 Å². The zero-order valence-electron chi connectivity index (χ0n) is 12.6. The second kappa shape index (κ2) is 7.72. The van der Waals surface area contributed by atoms with Gasteiger partial charge in [-0.2, -0.15) is 4.98 Å². The molecule has 1 aromatic carbocycles. The van der Waals surface area contributed by atoms with E-state index >= 15 is 0 Å². The first-order valence-electron chi connectivity index (χ1n) is 6.89. The summed E-state index contributed by atoms with van der Waals surface area (Å²) in [6.07, 6.45) is 0.953. The molecule has 2 rings (SSSR count). The van der Waals surface area contributed by atoms with Crippen molar-refractivity contribution in [3.8, 4) is 11.6 Å². The summed E-state index contributed by atoms with van der Waals surface area (Å²) in [7, 11) is 0. The van der Waals surface area contributed by atoms with E-state index in [0.29, 0.717) is 18.0 Å². The normalized spacial score (nSPS) is 10.0. The van der Waals surface area contributed by atoms with E-state index in [1.165, 1.54) is 0 Å². The van der Waals surface area contributed by atoms with E-state index in [4.69, 9.17) is 9.47 Å². The lowest BCUT2D eigenvalue weighted by Gasteiger charge is -2.08. The van der Waals surface area contributed by atoms with E-state index in [1.54, 1.807) is 24.3 Å². The summed E-state index contributed by atoms with van der Waals surface area (Å²) in [5, 5.41) is 13.4. The van der Waals surface area contributed by atoms with Crippen LogP contribution in [0.3, 0.4) is 0 Å². The van der Waals surface area contributed by atoms with Crippen LogP contribution in [-0.4, -0.2) is 34.0 Å². The van der Waals surface area contributed by atoms with Gasteiger partial charge in [0, 0.05) is 5.69 Å². The van der Waals surface area contributed by atoms with Gasteiger partial charge in [0.1, 0.15) is 5.75 Å². The number of hydrogen-bond donors (Lipinski definition) is 2. The number of benzene rings is 1. The zero-order valence-corrected chi connectivity index (χ0v) is 12.6. The van der Waals surface area contributed by atoms with Gasteiger partial charge in [-0.1, -0.05) is 0 Å². The van der Waals surface area contributed by atoms with Crippen molar-refractivity contribution in [1.82, 2.24) is 9.97 Å². The van der Waals surface area contributed by atoms with Gasteiger partial charge in [-0.25, -0.2) is 0 Å². The van der Waals surface area contributed by atoms with Crippen LogP contribution in [-0.2, 0) is 4.79 Å². The average molecular weight is 334 g/mol. The van der Waals surface area contributed by atoms with Crippen molar-refractivity contribution in [3.05, 3.63) is 51.1 Å². The molecular formula is C14H14N4O6. The highest BCUT2D eigenvalue weighted by atomic mass is 16.6. The third-order valence-electron chi connectivity index (χ3n) is 2.77. The summed E-state index contributed by atoms with van der Waals surface area (Å²) in [6.45, 7) is 1.85. The van der Waals surface area contributed by atoms with Gasteiger partial charge in [-0.3, -0.25) is 19.7 Å². The number of amides is 1. The van der Waals surface area contributed by atoms with Crippen molar-refractivity contribution in [2.75, 3.05) is 18.5 Å². The predicted molar refractivity (Wildman–Crippen MR) is 83.2 cm³/mol. The van der Waals surface area contributed by atoms with Crippen LogP contribution >= 0.6 is 0 Å². The minimum atomic E-state index is -0.961. The van der Waals surface area contributed by atoms with Crippen LogP contribution in [0.2, 0.25) is 0 Å². The molecule has 1 amide bonds. The quantitative estimate of drug-likeness (QED) is 0.571. The van der Waals surface area contributed by atoms with Gasteiger partial charge < -0.3 is 19.8 Å². The highest BCUT2D eigenvalue weighted by Gasteiger charge is 2.22. The fourth-order valence-electron chi connectivity index (χ4n) is 1.77. The molecule has 10 nitrogen and oxygen atoms in total. The molecule has 24 heavy (non-hydrogen) atoms. The number of nitrogens with one attached hydrogen (secondary N) is 2. The highest BCUT2D eigenvalue weighted by molar-refractivity contribution is 5.91. The number of carbonyl (C=O) groups is 1. The van der Waals surface area contributed by atoms with Crippen molar-refractivity contribution in [1.29, 1.82) is 0 Å². The zero-order chi connectivity index (χ0) is 17.5. The summed E-state index contributed by atoms with van der Waals surface area (Å²) in [5.41, 5.74) is -1.32. The van der Waals surface area contributed by atoms with Gasteiger partial charge in [-0.05, 0) is 31.2 Å². The van der Waals surface area contributed by atoms with Crippen LogP contribution in [0.25, 0.3) is 0 Å². The van der Waals surface area contributed by atoms with Crippen molar-refractivity contribution < 1.29 is 19.2 Å². The summed E-state index contributed by atoms with van der Waals surface area (Å²) < 4.78 is 10.2. The Morgan fingerprint density at radius 3 is 2.67 bits per heavy atom. The molecule has 0 unspecified atom stereocenters. The van der Waals surface area contributed by atoms with Gasteiger partial charge >= 0.3 is 17.1 Å². The number of hydrogen-bond acceptors (Lipinski definition) is 7. The Labute approximate surface area is 135 Å². The Bertz CT molecular complexity index is 787. The maximum atomic E-state index is 11.8. The third-order valence-corrected chi connectivity index (χ3v) is 2.77. The number of aromatic amines is 1. The van der Waals surface area contributed by atoms with E-state index < -0.39 is 34.6 Å². The lowest BCUT2D eigenvalue weighted by Crippen LogP contribution is -2.22. The first kappa shape index (κ1) is 16.9. The summed E-state index contributed by atoms with van der Waals surface area (Å²) in [5.74, 6) is -0.420. The first-order valence-corrected chi connectivity index (χ1v) is 6.89. The number of carbonyl (C=O) groups excluding carboxylic acids is 1. The molecule has 0 aliphatic carbocycles. The lowest BCUT2D eigenvalue weighted by atomic mass is 10.3. The Morgan fingerprint density at radius 1 is 1.33 bits per heavy atom. The molecule has 0 atom stereocenters. The Balaban J connectivity index is 1.97. The molecule has 0 saturated carbocycles. The Kier molecular flexibility index (Phi) is 5.45. The van der Waals surface area contributed by atoms with Crippen LogP contribution in [0, 0.1) is 10.1 Å². The number of nitrogens with zero attached hydrogens (tertiary/aromatic N) is 2. The van der Waals surface area contributed by atoms with Gasteiger partial charge in [0.05, 0.1) is 17.9 Å². The fourth-order valence-corrected chi connectivity index (χ4v) is 1.77. The van der Waals surface area contributed by atoms with E-state index in [2.05, 4.69) is 15.3 Å². The molecule has 0 fully saturated rings. The maximum Gasteiger partial charge on any atom is 0.395 e. The third kappa shape index (κ3) is 4.29. The number of H-pyrrole nitrogens is 1. The monoisotopic (exact) mass is 334 g/mol. The number of nitro groups is 1. The van der Waals surface area contributed by atoms with E-state index in [9.17, 15) is 19.7 Å². The number of rotatable bonds is 7. The van der Waals surface area contributed by atoms with Crippen LogP contribution in [0.15, 0.2) is 35.4 Å². The number of anilines is 1. The molecule has 0 aliphatic rings. The van der Waals surface area contributed by atoms with E-state index in [1.807, 2.05) is 6.92 Å². The average Bonchev–Trinajstić information content (AvgIpc) is 2.54. The molecule has 0 spiro atoms. The molecule has 10 heteroatoms. The molecular weight excluding hydrogens is 320 g/mol. The molecule has 0 saturated heterocycles. The second-order valence-corrected chi connectivity index (χ2v) is 4.44. The van der Waals surface area contributed by atoms with Crippen molar-refractivity contribution in [2.24, 2.45) is 0 Å². The molecule has 0 aliphatic heterocycles. The molecule has 0 bridgehead atoms. The van der Waals surface area contributed by atoms with Crippen LogP contribution in [0.1, 0.15) is 6.92 Å². The summed E-state index contributed by atoms with van der Waals surface area (Å²) in [4.78, 5) is 38.7. The topological polar surface area (TPSA) is 136 Å². The lowest BCUT2D eigenvalue weighted by molar-refractivity contribution is -0.387. The van der Waals surface area contributed by atoms with E-state index in [0.717, 1.165) is 6.33 Å². The molecule has 1 aromatic heterocycles. The predicted octanol–water partition coefficient (Wildman–Crippen LogP) is 1.09. The largest absolute Gasteiger partial charge is 0.494 e. The van der Waals surface area contributed by atoms with E-state index in [-0.39, 0.29) is 0 Å². The first-order chi connectivity index (χ1) is 11.5. The Hall–Kier alpha value is -3.43. The SMILES string of the molecule is CCOc1ccc(NC(=O)COc2nc[nH]c(=O)c2[N+](=O)[O-])cc1. The smallest absolute Gasteiger partial charge is 0.395 e. The summed E-state index contributed by atoms with van der Waals surface area (Å²) in [6, 6.07) is 6.64. The maximum absolute atomic E-state index is 11.8. The van der Waals surface area contributed by atoms with Gasteiger partial charge in [0.15, 0.2) is 6.61 Å². The van der Waals surface area contributed by atoms with Crippen molar-refractivity contribution in [3.63, 3.8) is 0 Å². The van der Waals surface area contributed by atoms with Gasteiger partial charge in [0.2, 0.25) is 0 Å². The fraction of sp³-hybridized carbons (Fsp3) is 0.214. The minimum absolute atomic E-state index is 0.500. The Morgan fingerprint density at radius 2 is 2.04 bits per heavy atom. The highest BCUT2D eigenvalue weighted by Crippen LogP contribution is 2.18. The van der Waals surface area contributed by atoms with Crippen molar-refractivity contribution >= 4 is 17.3 Å². The molecule has 2 aromatic rings. The summed E-state index contributed by atoms with van der Waals surface area (Å²) >= 11 is 0. The molecule has 0 radical (unpaired) electrons. The molecule has 126 valence electrons. The van der Waals surface area contributed by atoms with Gasteiger partial charge in [-0.15, -0.1) is 0 Å². The molecule has 2 N–H and O–H groups in total. The standard InChI is InChI=1S/C14H14N4O6/c1-2-23-10-5-3-9(4-6-10)17-11(19)7-24-14-12(18(21)22)13(20)15-8-16-14/h3-6,8H,2,7H2,1H3,(H,17,19)(H,15,16,20). The number of ether oxygens (including phenoxy) is 2. The van der Waals surface area contributed by atoms with Crippen LogP contribution in [0.5, 0.6) is 11.6 Å². The van der Waals surface area contributed by atoms with Gasteiger partial charge in [0.25, 0.3) is 5.91 Å². The number of aromatic nitrogens is 2. The second-order valence-electron chi connectivity index (χ2n) is 4.44. The van der Waals surface area contributed by atoms with Crippen molar-refractivity contribution in [2.45, 2.75) is 6.92 Å².